The summed E-state index contributed by atoms with van der Waals surface area (Å²) in [5.41, 5.74) is 2.04. The molecule has 0 aliphatic carbocycles. The summed E-state index contributed by atoms with van der Waals surface area (Å²) in [4.78, 5) is 14.6. The van der Waals surface area contributed by atoms with Crippen LogP contribution in [0.3, 0.4) is 0 Å². The number of hydrogen-bond acceptors (Lipinski definition) is 5. The average molecular weight is 357 g/mol. The number of aryl methyl sites for hydroxylation is 1. The van der Waals surface area contributed by atoms with Gasteiger partial charge >= 0.3 is 0 Å². The summed E-state index contributed by atoms with van der Waals surface area (Å²) in [6.07, 6.45) is 4.03. The van der Waals surface area contributed by atoms with Gasteiger partial charge in [-0.15, -0.1) is 0 Å². The summed E-state index contributed by atoms with van der Waals surface area (Å²) in [7, 11) is 1.67. The number of rotatable bonds is 7. The maximum absolute atomic E-state index is 12.4. The maximum atomic E-state index is 12.4. The largest absolute Gasteiger partial charge is 0.496 e. The molecule has 0 unspecified atom stereocenters. The molecule has 1 aliphatic heterocycles. The van der Waals surface area contributed by atoms with E-state index in [4.69, 9.17) is 9.26 Å². The third-order valence-corrected chi connectivity index (χ3v) is 4.86. The van der Waals surface area contributed by atoms with Gasteiger partial charge in [0.25, 0.3) is 0 Å². The summed E-state index contributed by atoms with van der Waals surface area (Å²) in [5.74, 6) is 1.72. The van der Waals surface area contributed by atoms with Crippen LogP contribution in [0.4, 0.5) is 0 Å². The number of para-hydroxylation sites is 1. The van der Waals surface area contributed by atoms with E-state index in [0.717, 1.165) is 55.0 Å². The first-order chi connectivity index (χ1) is 12.7. The molecule has 140 valence electrons. The van der Waals surface area contributed by atoms with Gasteiger partial charge in [0, 0.05) is 12.6 Å². The Bertz CT molecular complexity index is 729. The van der Waals surface area contributed by atoms with Crippen LogP contribution in [0.15, 0.2) is 34.9 Å². The smallest absolute Gasteiger partial charge is 0.234 e. The van der Waals surface area contributed by atoms with Gasteiger partial charge < -0.3 is 14.6 Å². The second kappa shape index (κ2) is 8.85. The van der Waals surface area contributed by atoms with Crippen molar-refractivity contribution in [3.63, 3.8) is 0 Å². The van der Waals surface area contributed by atoms with Gasteiger partial charge in [-0.3, -0.25) is 9.69 Å². The number of likely N-dealkylation sites (tertiary alicyclic amines) is 1. The van der Waals surface area contributed by atoms with Gasteiger partial charge in [0.1, 0.15) is 17.2 Å². The molecule has 3 rings (SSSR count). The second-order valence-corrected chi connectivity index (χ2v) is 6.76. The number of hydrogen-bond donors (Lipinski definition) is 1. The third-order valence-electron chi connectivity index (χ3n) is 4.86. The van der Waals surface area contributed by atoms with Gasteiger partial charge in [-0.1, -0.05) is 29.8 Å². The zero-order chi connectivity index (χ0) is 18.4. The molecule has 6 heteroatoms. The monoisotopic (exact) mass is 357 g/mol. The number of ether oxygens (including phenoxy) is 1. The van der Waals surface area contributed by atoms with Crippen LogP contribution in [0, 0.1) is 6.92 Å². The number of methoxy groups -OCH3 is 1. The van der Waals surface area contributed by atoms with Crippen molar-refractivity contribution >= 4 is 5.91 Å². The molecule has 6 nitrogen and oxygen atoms in total. The lowest BCUT2D eigenvalue weighted by atomic mass is 9.99. The minimum atomic E-state index is 0.0482. The molecule has 2 heterocycles. The van der Waals surface area contributed by atoms with Crippen LogP contribution in [0.5, 0.6) is 5.75 Å². The molecule has 26 heavy (non-hydrogen) atoms. The lowest BCUT2D eigenvalue weighted by molar-refractivity contribution is -0.123. The summed E-state index contributed by atoms with van der Waals surface area (Å²) < 4.78 is 10.6. The molecule has 1 aromatic heterocycles. The lowest BCUT2D eigenvalue weighted by Crippen LogP contribution is -2.42. The lowest BCUT2D eigenvalue weighted by Gasteiger charge is -2.33. The van der Waals surface area contributed by atoms with Crippen molar-refractivity contribution in [1.82, 2.24) is 15.4 Å². The van der Waals surface area contributed by atoms with Crippen molar-refractivity contribution in [3.8, 4) is 5.75 Å². The summed E-state index contributed by atoms with van der Waals surface area (Å²) in [5, 5.41) is 7.18. The van der Waals surface area contributed by atoms with Crippen molar-refractivity contribution in [2.45, 2.75) is 38.6 Å². The Kier molecular flexibility index (Phi) is 6.28. The van der Waals surface area contributed by atoms with E-state index in [1.807, 2.05) is 37.3 Å². The highest BCUT2D eigenvalue weighted by Crippen LogP contribution is 2.30. The molecule has 1 fully saturated rings. The first-order valence-electron chi connectivity index (χ1n) is 9.23. The first-order valence-corrected chi connectivity index (χ1v) is 9.23. The Morgan fingerprint density at radius 3 is 3.00 bits per heavy atom. The predicted octanol–water partition coefficient (Wildman–Crippen LogP) is 2.88. The van der Waals surface area contributed by atoms with E-state index in [1.165, 1.54) is 0 Å². The van der Waals surface area contributed by atoms with E-state index in [1.54, 1.807) is 7.11 Å². The highest BCUT2D eigenvalue weighted by atomic mass is 16.5. The third kappa shape index (κ3) is 4.64. The van der Waals surface area contributed by atoms with Crippen molar-refractivity contribution in [1.29, 1.82) is 0 Å². The van der Waals surface area contributed by atoms with E-state index in [2.05, 4.69) is 15.4 Å². The highest BCUT2D eigenvalue weighted by Gasteiger charge is 2.27. The van der Waals surface area contributed by atoms with Crippen molar-refractivity contribution in [3.05, 3.63) is 47.3 Å². The molecular weight excluding hydrogens is 330 g/mol. The Hall–Kier alpha value is -2.34. The molecule has 0 radical (unpaired) electrons. The topological polar surface area (TPSA) is 67.6 Å². The van der Waals surface area contributed by atoms with Crippen LogP contribution in [-0.2, 0) is 11.2 Å². The van der Waals surface area contributed by atoms with Gasteiger partial charge in [0.15, 0.2) is 0 Å². The molecule has 2 aromatic rings. The normalized spacial score (nSPS) is 17.8. The number of amides is 1. The second-order valence-electron chi connectivity index (χ2n) is 6.76. The summed E-state index contributed by atoms with van der Waals surface area (Å²) >= 11 is 0. The van der Waals surface area contributed by atoms with Crippen molar-refractivity contribution in [2.24, 2.45) is 0 Å². The van der Waals surface area contributed by atoms with Crippen LogP contribution in [0.25, 0.3) is 0 Å². The first kappa shape index (κ1) is 18.5. The molecule has 0 bridgehead atoms. The maximum Gasteiger partial charge on any atom is 0.234 e. The molecule has 1 atom stereocenters. The van der Waals surface area contributed by atoms with Gasteiger partial charge in [-0.2, -0.15) is 0 Å². The molecule has 1 saturated heterocycles. The molecule has 1 N–H and O–H groups in total. The van der Waals surface area contributed by atoms with E-state index in [0.29, 0.717) is 13.1 Å². The fraction of sp³-hybridized carbons (Fsp3) is 0.500. The number of carbonyl (C=O) groups excluding carboxylic acids is 1. The van der Waals surface area contributed by atoms with Crippen LogP contribution in [-0.4, -0.2) is 42.7 Å². The van der Waals surface area contributed by atoms with E-state index < -0.39 is 0 Å². The Labute approximate surface area is 154 Å². The fourth-order valence-electron chi connectivity index (χ4n) is 3.54. The summed E-state index contributed by atoms with van der Waals surface area (Å²) in [6, 6.07) is 10.0. The highest BCUT2D eigenvalue weighted by molar-refractivity contribution is 5.78. The van der Waals surface area contributed by atoms with E-state index in [-0.39, 0.29) is 11.9 Å². The van der Waals surface area contributed by atoms with Crippen LogP contribution in [0.2, 0.25) is 0 Å². The average Bonchev–Trinajstić information content (AvgIpc) is 3.09. The van der Waals surface area contributed by atoms with E-state index in [9.17, 15) is 4.79 Å². The number of nitrogens with zero attached hydrogens (tertiary/aromatic N) is 2. The zero-order valence-corrected chi connectivity index (χ0v) is 15.5. The fourth-order valence-corrected chi connectivity index (χ4v) is 3.54. The van der Waals surface area contributed by atoms with Crippen molar-refractivity contribution < 1.29 is 14.1 Å². The minimum Gasteiger partial charge on any atom is -0.496 e. The zero-order valence-electron chi connectivity index (χ0n) is 15.5. The Morgan fingerprint density at radius 2 is 2.23 bits per heavy atom. The number of carbonyl (C=O) groups is 1. The van der Waals surface area contributed by atoms with Crippen LogP contribution >= 0.6 is 0 Å². The summed E-state index contributed by atoms with van der Waals surface area (Å²) in [6.45, 7) is 3.80. The van der Waals surface area contributed by atoms with Crippen LogP contribution < -0.4 is 10.1 Å². The molecule has 1 aromatic carbocycles. The Morgan fingerprint density at radius 1 is 1.38 bits per heavy atom. The molecule has 1 amide bonds. The molecule has 0 spiro atoms. The number of piperidine rings is 1. The van der Waals surface area contributed by atoms with Crippen molar-refractivity contribution in [2.75, 3.05) is 26.7 Å². The van der Waals surface area contributed by atoms with Gasteiger partial charge in [0.2, 0.25) is 5.91 Å². The number of nitrogens with one attached hydrogen (secondary N) is 1. The van der Waals surface area contributed by atoms with Crippen LogP contribution in [0.1, 0.15) is 42.3 Å². The number of aromatic nitrogens is 1. The van der Waals surface area contributed by atoms with Gasteiger partial charge in [-0.05, 0) is 44.4 Å². The minimum absolute atomic E-state index is 0.0482. The molecule has 1 aliphatic rings. The van der Waals surface area contributed by atoms with E-state index >= 15 is 0 Å². The SMILES string of the molecule is COc1ccccc1CCNC(=O)CN1CCCC[C@H]1c1cc(C)on1. The predicted molar refractivity (Wildman–Crippen MR) is 99.1 cm³/mol. The Balaban J connectivity index is 1.51. The molecular formula is C20H27N3O3. The number of benzene rings is 1. The van der Waals surface area contributed by atoms with Gasteiger partial charge in [0.05, 0.1) is 19.7 Å². The molecule has 0 saturated carbocycles. The quantitative estimate of drug-likeness (QED) is 0.825. The standard InChI is InChI=1S/C20H27N3O3/c1-15-13-17(22-26-15)18-8-5-6-12-23(18)14-20(24)21-11-10-16-7-3-4-9-19(16)25-2/h3-4,7,9,13,18H,5-6,8,10-12,14H2,1-2H3,(H,21,24)/t18-/m0/s1. The van der Waals surface area contributed by atoms with Gasteiger partial charge in [-0.25, -0.2) is 0 Å².